The van der Waals surface area contributed by atoms with Gasteiger partial charge in [-0.3, -0.25) is 4.90 Å². The van der Waals surface area contributed by atoms with Crippen molar-refractivity contribution in [3.05, 3.63) is 23.9 Å². The van der Waals surface area contributed by atoms with E-state index in [1.807, 2.05) is 0 Å². The van der Waals surface area contributed by atoms with Crippen LogP contribution in [-0.4, -0.2) is 60.7 Å². The molecule has 11 heteroatoms. The highest BCUT2D eigenvalue weighted by atomic mass is 19.4. The van der Waals surface area contributed by atoms with Gasteiger partial charge in [0.05, 0.1) is 5.56 Å². The van der Waals surface area contributed by atoms with E-state index in [1.54, 1.807) is 6.92 Å². The molecular formula is C17H20F3N3O5. The van der Waals surface area contributed by atoms with Crippen molar-refractivity contribution in [2.75, 3.05) is 25.2 Å². The fourth-order valence-corrected chi connectivity index (χ4v) is 3.10. The highest BCUT2D eigenvalue weighted by molar-refractivity contribution is 5.94. The van der Waals surface area contributed by atoms with Crippen LogP contribution in [0.3, 0.4) is 0 Å². The van der Waals surface area contributed by atoms with Crippen LogP contribution in [0, 0.1) is 0 Å². The maximum atomic E-state index is 13.1. The topological polar surface area (TPSA) is 81.2 Å². The number of hydrogen-bond acceptors (Lipinski definition) is 6. The average molecular weight is 403 g/mol. The zero-order valence-electron chi connectivity index (χ0n) is 15.3. The summed E-state index contributed by atoms with van der Waals surface area (Å²) >= 11 is 0. The van der Waals surface area contributed by atoms with Crippen molar-refractivity contribution >= 4 is 17.8 Å². The third-order valence-electron chi connectivity index (χ3n) is 4.47. The lowest BCUT2D eigenvalue weighted by Crippen LogP contribution is -2.44. The number of carbonyl (C=O) groups is 2. The number of amides is 2. The lowest BCUT2D eigenvalue weighted by Gasteiger charge is -2.27. The highest BCUT2D eigenvalue weighted by Crippen LogP contribution is 2.34. The number of alkyl halides is 3. The monoisotopic (exact) mass is 403 g/mol. The number of rotatable bonds is 5. The van der Waals surface area contributed by atoms with Gasteiger partial charge in [-0.15, -0.1) is 0 Å². The molecule has 154 valence electrons. The Morgan fingerprint density at radius 2 is 2.14 bits per heavy atom. The van der Waals surface area contributed by atoms with E-state index in [4.69, 9.17) is 14.2 Å². The van der Waals surface area contributed by atoms with Gasteiger partial charge in [-0.2, -0.15) is 13.2 Å². The Kier molecular flexibility index (Phi) is 5.75. The number of anilines is 1. The number of carbonyl (C=O) groups excluding carboxylic acids is 2. The molecule has 2 aliphatic rings. The zero-order valence-corrected chi connectivity index (χ0v) is 15.3. The van der Waals surface area contributed by atoms with Gasteiger partial charge in [-0.05, 0) is 31.9 Å². The van der Waals surface area contributed by atoms with Crippen molar-refractivity contribution in [3.8, 4) is 0 Å². The van der Waals surface area contributed by atoms with Crippen molar-refractivity contribution in [2.45, 2.75) is 44.5 Å². The summed E-state index contributed by atoms with van der Waals surface area (Å²) in [5.41, 5.74) is -0.975. The lowest BCUT2D eigenvalue weighted by molar-refractivity contribution is -0.170. The van der Waals surface area contributed by atoms with Gasteiger partial charge in [0, 0.05) is 26.5 Å². The number of aromatic nitrogens is 1. The summed E-state index contributed by atoms with van der Waals surface area (Å²) in [6.45, 7) is 2.29. The zero-order chi connectivity index (χ0) is 20.5. The summed E-state index contributed by atoms with van der Waals surface area (Å²) in [6, 6.07) is 0.823. The molecule has 0 spiro atoms. The second-order valence-electron chi connectivity index (χ2n) is 6.34. The Hall–Kier alpha value is -2.40. The summed E-state index contributed by atoms with van der Waals surface area (Å²) < 4.78 is 55.4. The number of nitrogens with zero attached hydrogens (tertiary/aromatic N) is 3. The van der Waals surface area contributed by atoms with E-state index in [0.717, 1.165) is 28.1 Å². The lowest BCUT2D eigenvalue weighted by atomic mass is 10.2. The third-order valence-corrected chi connectivity index (χ3v) is 4.47. The molecule has 0 radical (unpaired) electrons. The summed E-state index contributed by atoms with van der Waals surface area (Å²) in [5.74, 6) is -0.994. The van der Waals surface area contributed by atoms with Crippen LogP contribution >= 0.6 is 0 Å². The molecule has 3 heterocycles. The molecule has 1 aromatic rings. The van der Waals surface area contributed by atoms with Crippen LogP contribution < -0.4 is 4.90 Å². The van der Waals surface area contributed by atoms with Crippen LogP contribution in [-0.2, 0) is 25.2 Å². The van der Waals surface area contributed by atoms with Gasteiger partial charge >= 0.3 is 18.2 Å². The summed E-state index contributed by atoms with van der Waals surface area (Å²) in [7, 11) is 1.41. The molecule has 0 N–H and O–H groups in total. The first-order valence-electron chi connectivity index (χ1n) is 8.77. The predicted octanol–water partition coefficient (Wildman–Crippen LogP) is 2.38. The van der Waals surface area contributed by atoms with Gasteiger partial charge in [0.1, 0.15) is 5.82 Å². The van der Waals surface area contributed by atoms with Crippen LogP contribution in [0.15, 0.2) is 18.3 Å². The smallest absolute Gasteiger partial charge is 0.416 e. The largest absolute Gasteiger partial charge is 0.434 e. The number of halogens is 3. The SMILES string of the molecule is CCOC1C(OC(=O)[C@@H]2CCCO2)N(c2cc(C(F)(F)F)ccn2)C(=O)N1C. The standard InChI is InChI=1S/C17H20F3N3O5/c1-3-26-13-14(28-15(24)11-5-4-8-27-11)23(16(25)22(13)2)12-9-10(6-7-21-12)17(18,19)20/h6-7,9,11,13-14H,3-5,8H2,1-2H3/t11-,13?,14?/m0/s1. The van der Waals surface area contributed by atoms with Crippen molar-refractivity contribution < 1.29 is 37.0 Å². The van der Waals surface area contributed by atoms with Gasteiger partial charge in [-0.25, -0.2) is 19.5 Å². The molecule has 3 rings (SSSR count). The maximum absolute atomic E-state index is 13.1. The Labute approximate surface area is 159 Å². The van der Waals surface area contributed by atoms with Gasteiger partial charge in [-0.1, -0.05) is 0 Å². The first-order chi connectivity index (χ1) is 13.2. The molecule has 2 unspecified atom stereocenters. The second kappa shape index (κ2) is 7.92. The fourth-order valence-electron chi connectivity index (χ4n) is 3.10. The first-order valence-corrected chi connectivity index (χ1v) is 8.77. The first kappa shape index (κ1) is 20.3. The van der Waals surface area contributed by atoms with Crippen molar-refractivity contribution in [1.82, 2.24) is 9.88 Å². The highest BCUT2D eigenvalue weighted by Gasteiger charge is 2.50. The van der Waals surface area contributed by atoms with E-state index >= 15 is 0 Å². The number of urea groups is 1. The molecule has 1 aromatic heterocycles. The molecule has 8 nitrogen and oxygen atoms in total. The molecule has 2 fully saturated rings. The minimum Gasteiger partial charge on any atom is -0.434 e. The van der Waals surface area contributed by atoms with Gasteiger partial charge in [0.2, 0.25) is 6.23 Å². The number of pyridine rings is 1. The van der Waals surface area contributed by atoms with Crippen molar-refractivity contribution in [3.63, 3.8) is 0 Å². The van der Waals surface area contributed by atoms with Crippen LogP contribution in [0.4, 0.5) is 23.8 Å². The molecule has 0 saturated carbocycles. The van der Waals surface area contributed by atoms with Crippen LogP contribution in [0.25, 0.3) is 0 Å². The van der Waals surface area contributed by atoms with Crippen molar-refractivity contribution in [1.29, 1.82) is 0 Å². The maximum Gasteiger partial charge on any atom is 0.416 e. The minimum absolute atomic E-state index is 0.195. The predicted molar refractivity (Wildman–Crippen MR) is 89.1 cm³/mol. The molecule has 28 heavy (non-hydrogen) atoms. The summed E-state index contributed by atoms with van der Waals surface area (Å²) in [6.07, 6.45) is -5.59. The molecule has 0 bridgehead atoms. The molecule has 3 atom stereocenters. The molecule has 0 aliphatic carbocycles. The normalized spacial score (nSPS) is 25.5. The fraction of sp³-hybridized carbons (Fsp3) is 0.588. The van der Waals surface area contributed by atoms with E-state index < -0.39 is 42.3 Å². The van der Waals surface area contributed by atoms with E-state index in [-0.39, 0.29) is 12.4 Å². The Bertz CT molecular complexity index is 739. The number of ether oxygens (including phenoxy) is 3. The molecule has 2 amide bonds. The number of likely N-dealkylation sites (N-methyl/N-ethyl adjacent to an activating group) is 1. The van der Waals surface area contributed by atoms with Crippen LogP contribution in [0.2, 0.25) is 0 Å². The second-order valence-corrected chi connectivity index (χ2v) is 6.34. The van der Waals surface area contributed by atoms with E-state index in [1.165, 1.54) is 7.05 Å². The Morgan fingerprint density at radius 3 is 2.75 bits per heavy atom. The van der Waals surface area contributed by atoms with E-state index in [2.05, 4.69) is 4.98 Å². The van der Waals surface area contributed by atoms with Crippen LogP contribution in [0.5, 0.6) is 0 Å². The summed E-state index contributed by atoms with van der Waals surface area (Å²) in [5, 5.41) is 0. The molecular weight excluding hydrogens is 383 g/mol. The van der Waals surface area contributed by atoms with Crippen molar-refractivity contribution in [2.24, 2.45) is 0 Å². The summed E-state index contributed by atoms with van der Waals surface area (Å²) in [4.78, 5) is 31.0. The molecule has 2 saturated heterocycles. The Balaban J connectivity index is 1.93. The quantitative estimate of drug-likeness (QED) is 0.703. The van der Waals surface area contributed by atoms with Gasteiger partial charge in [0.15, 0.2) is 12.3 Å². The Morgan fingerprint density at radius 1 is 1.39 bits per heavy atom. The number of hydrogen-bond donors (Lipinski definition) is 0. The molecule has 0 aromatic carbocycles. The van der Waals surface area contributed by atoms with Gasteiger partial charge < -0.3 is 14.2 Å². The third kappa shape index (κ3) is 3.90. The number of esters is 1. The van der Waals surface area contributed by atoms with E-state index in [9.17, 15) is 22.8 Å². The van der Waals surface area contributed by atoms with Gasteiger partial charge in [0.25, 0.3) is 0 Å². The average Bonchev–Trinajstić information content (AvgIpc) is 3.25. The van der Waals surface area contributed by atoms with Crippen LogP contribution in [0.1, 0.15) is 25.3 Å². The molecule has 2 aliphatic heterocycles. The van der Waals surface area contributed by atoms with E-state index in [0.29, 0.717) is 19.4 Å². The minimum atomic E-state index is -4.62.